The third kappa shape index (κ3) is 2.86. The van der Waals surface area contributed by atoms with Gasteiger partial charge in [-0.25, -0.2) is 14.4 Å². The number of benzene rings is 2. The molecule has 0 unspecified atom stereocenters. The van der Waals surface area contributed by atoms with Crippen molar-refractivity contribution in [1.82, 2.24) is 9.97 Å². The predicted octanol–water partition coefficient (Wildman–Crippen LogP) is 5.11. The topological polar surface area (TPSA) is 37.8 Å². The van der Waals surface area contributed by atoms with Crippen LogP contribution in [0.1, 0.15) is 5.56 Å². The van der Waals surface area contributed by atoms with Crippen molar-refractivity contribution in [2.24, 2.45) is 0 Å². The van der Waals surface area contributed by atoms with Crippen molar-refractivity contribution >= 4 is 28.1 Å². The zero-order valence-corrected chi connectivity index (χ0v) is 13.6. The van der Waals surface area contributed by atoms with E-state index in [0.717, 1.165) is 15.8 Å². The number of para-hydroxylation sites is 1. The van der Waals surface area contributed by atoms with Gasteiger partial charge in [0.15, 0.2) is 5.82 Å². The highest BCUT2D eigenvalue weighted by molar-refractivity contribution is 7.13. The Balaban J connectivity index is 1.74. The molecule has 2 aromatic carbocycles. The first-order chi connectivity index (χ1) is 11.8. The summed E-state index contributed by atoms with van der Waals surface area (Å²) in [4.78, 5) is 10.3. The van der Waals surface area contributed by atoms with E-state index < -0.39 is 0 Å². The van der Waals surface area contributed by atoms with E-state index in [1.807, 2.05) is 47.8 Å². The fourth-order valence-corrected chi connectivity index (χ4v) is 3.21. The second-order valence-electron chi connectivity index (χ2n) is 5.34. The van der Waals surface area contributed by atoms with Gasteiger partial charge >= 0.3 is 0 Å². The highest BCUT2D eigenvalue weighted by Crippen LogP contribution is 2.27. The van der Waals surface area contributed by atoms with E-state index in [1.165, 1.54) is 6.07 Å². The number of fused-ring (bicyclic) bond motifs is 1. The first-order valence-electron chi connectivity index (χ1n) is 7.59. The zero-order valence-electron chi connectivity index (χ0n) is 12.7. The Bertz CT molecular complexity index is 983. The minimum atomic E-state index is -0.221. The van der Waals surface area contributed by atoms with Gasteiger partial charge in [0, 0.05) is 17.5 Å². The molecular formula is C19H14FN3S. The van der Waals surface area contributed by atoms with Crippen LogP contribution in [-0.4, -0.2) is 9.97 Å². The molecular weight excluding hydrogens is 321 g/mol. The zero-order chi connectivity index (χ0) is 16.4. The Morgan fingerprint density at radius 2 is 1.75 bits per heavy atom. The van der Waals surface area contributed by atoms with E-state index in [4.69, 9.17) is 0 Å². The number of nitrogens with one attached hydrogen (secondary N) is 1. The maximum absolute atomic E-state index is 13.8. The van der Waals surface area contributed by atoms with Crippen LogP contribution in [0, 0.1) is 5.82 Å². The fraction of sp³-hybridized carbons (Fsp3) is 0.0526. The van der Waals surface area contributed by atoms with Crippen LogP contribution in [0.25, 0.3) is 21.6 Å². The van der Waals surface area contributed by atoms with Crippen LogP contribution in [-0.2, 0) is 6.54 Å². The first-order valence-corrected chi connectivity index (χ1v) is 8.47. The summed E-state index contributed by atoms with van der Waals surface area (Å²) >= 11 is 1.60. The number of hydrogen-bond acceptors (Lipinski definition) is 4. The van der Waals surface area contributed by atoms with Gasteiger partial charge in [0.2, 0.25) is 0 Å². The van der Waals surface area contributed by atoms with Crippen LogP contribution in [0.2, 0.25) is 0 Å². The smallest absolute Gasteiger partial charge is 0.172 e. The van der Waals surface area contributed by atoms with Crippen LogP contribution in [0.3, 0.4) is 0 Å². The number of rotatable bonds is 4. The predicted molar refractivity (Wildman–Crippen MR) is 96.6 cm³/mol. The molecule has 5 heteroatoms. The molecule has 0 aliphatic carbocycles. The maximum atomic E-state index is 13.8. The molecule has 0 saturated heterocycles. The van der Waals surface area contributed by atoms with Crippen molar-refractivity contribution in [2.45, 2.75) is 6.54 Å². The number of aromatic nitrogens is 2. The van der Waals surface area contributed by atoms with E-state index in [1.54, 1.807) is 23.5 Å². The molecule has 3 nitrogen and oxygen atoms in total. The maximum Gasteiger partial charge on any atom is 0.172 e. The van der Waals surface area contributed by atoms with Crippen LogP contribution in [0.15, 0.2) is 66.0 Å². The molecule has 0 aliphatic rings. The SMILES string of the molecule is Fc1ccccc1CNc1nc(-c2cccs2)nc2ccccc12. The molecule has 24 heavy (non-hydrogen) atoms. The highest BCUT2D eigenvalue weighted by atomic mass is 32.1. The number of thiophene rings is 1. The molecule has 2 aromatic heterocycles. The van der Waals surface area contributed by atoms with Crippen molar-refractivity contribution in [2.75, 3.05) is 5.32 Å². The second-order valence-corrected chi connectivity index (χ2v) is 6.28. The highest BCUT2D eigenvalue weighted by Gasteiger charge is 2.10. The normalized spacial score (nSPS) is 10.9. The largest absolute Gasteiger partial charge is 0.365 e. The lowest BCUT2D eigenvalue weighted by atomic mass is 10.2. The minimum absolute atomic E-state index is 0.221. The monoisotopic (exact) mass is 335 g/mol. The molecule has 0 saturated carbocycles. The van der Waals surface area contributed by atoms with E-state index in [-0.39, 0.29) is 5.82 Å². The fourth-order valence-electron chi connectivity index (χ4n) is 2.55. The Hall–Kier alpha value is -2.79. The van der Waals surface area contributed by atoms with Gasteiger partial charge in [0.25, 0.3) is 0 Å². The molecule has 118 valence electrons. The van der Waals surface area contributed by atoms with E-state index in [0.29, 0.717) is 23.8 Å². The summed E-state index contributed by atoms with van der Waals surface area (Å²) in [5.41, 5.74) is 1.48. The van der Waals surface area contributed by atoms with Crippen LogP contribution in [0.4, 0.5) is 10.2 Å². The minimum Gasteiger partial charge on any atom is -0.365 e. The lowest BCUT2D eigenvalue weighted by Gasteiger charge is -2.11. The van der Waals surface area contributed by atoms with Crippen LogP contribution >= 0.6 is 11.3 Å². The van der Waals surface area contributed by atoms with Gasteiger partial charge in [0.1, 0.15) is 11.6 Å². The molecule has 0 bridgehead atoms. The summed E-state index contributed by atoms with van der Waals surface area (Å²) in [6.07, 6.45) is 0. The Labute approximate surface area is 142 Å². The van der Waals surface area contributed by atoms with Crippen molar-refractivity contribution in [1.29, 1.82) is 0 Å². The van der Waals surface area contributed by atoms with Gasteiger partial charge in [-0.1, -0.05) is 36.4 Å². The van der Waals surface area contributed by atoms with Crippen molar-refractivity contribution < 1.29 is 4.39 Å². The molecule has 0 spiro atoms. The molecule has 0 fully saturated rings. The second kappa shape index (κ2) is 6.37. The standard InChI is InChI=1S/C19H14FN3S/c20-15-8-3-1-6-13(15)12-21-18-14-7-2-4-9-16(14)22-19(23-18)17-10-5-11-24-17/h1-11H,12H2,(H,21,22,23). The van der Waals surface area contributed by atoms with Crippen LogP contribution < -0.4 is 5.32 Å². The summed E-state index contributed by atoms with van der Waals surface area (Å²) in [7, 11) is 0. The number of halogens is 1. The number of anilines is 1. The molecule has 2 heterocycles. The molecule has 0 amide bonds. The quantitative estimate of drug-likeness (QED) is 0.563. The Morgan fingerprint density at radius 1 is 0.917 bits per heavy atom. The third-order valence-corrected chi connectivity index (χ3v) is 4.61. The van der Waals surface area contributed by atoms with Gasteiger partial charge in [-0.05, 0) is 29.6 Å². The molecule has 0 radical (unpaired) electrons. The van der Waals surface area contributed by atoms with E-state index in [2.05, 4.69) is 15.3 Å². The first kappa shape index (κ1) is 14.8. The molecule has 4 rings (SSSR count). The Kier molecular flexibility index (Phi) is 3.92. The van der Waals surface area contributed by atoms with Crippen molar-refractivity contribution in [3.8, 4) is 10.7 Å². The van der Waals surface area contributed by atoms with E-state index >= 15 is 0 Å². The van der Waals surface area contributed by atoms with Gasteiger partial charge in [-0.3, -0.25) is 0 Å². The summed E-state index contributed by atoms with van der Waals surface area (Å²) < 4.78 is 13.8. The number of hydrogen-bond donors (Lipinski definition) is 1. The lowest BCUT2D eigenvalue weighted by Crippen LogP contribution is -2.05. The number of nitrogens with zero attached hydrogens (tertiary/aromatic N) is 2. The molecule has 0 aliphatic heterocycles. The van der Waals surface area contributed by atoms with Gasteiger partial charge in [-0.2, -0.15) is 0 Å². The average Bonchev–Trinajstić information content (AvgIpc) is 3.15. The summed E-state index contributed by atoms with van der Waals surface area (Å²) in [5, 5.41) is 6.19. The lowest BCUT2D eigenvalue weighted by molar-refractivity contribution is 0.613. The van der Waals surface area contributed by atoms with Crippen molar-refractivity contribution in [3.05, 3.63) is 77.4 Å². The summed E-state index contributed by atoms with van der Waals surface area (Å²) in [6, 6.07) is 18.6. The average molecular weight is 335 g/mol. The molecule has 4 aromatic rings. The molecule has 1 N–H and O–H groups in total. The van der Waals surface area contributed by atoms with Crippen molar-refractivity contribution in [3.63, 3.8) is 0 Å². The van der Waals surface area contributed by atoms with Gasteiger partial charge in [0.05, 0.1) is 10.4 Å². The van der Waals surface area contributed by atoms with Gasteiger partial charge < -0.3 is 5.32 Å². The molecule has 0 atom stereocenters. The Morgan fingerprint density at radius 3 is 2.58 bits per heavy atom. The van der Waals surface area contributed by atoms with Gasteiger partial charge in [-0.15, -0.1) is 11.3 Å². The van der Waals surface area contributed by atoms with E-state index in [9.17, 15) is 4.39 Å². The summed E-state index contributed by atoms with van der Waals surface area (Å²) in [6.45, 7) is 0.373. The van der Waals surface area contributed by atoms with Crippen LogP contribution in [0.5, 0.6) is 0 Å². The summed E-state index contributed by atoms with van der Waals surface area (Å²) in [5.74, 6) is 1.17. The third-order valence-electron chi connectivity index (χ3n) is 3.75.